The summed E-state index contributed by atoms with van der Waals surface area (Å²) in [6.45, 7) is 1.84. The molecule has 3 rings (SSSR count). The minimum absolute atomic E-state index is 0.0239. The second-order valence-electron chi connectivity index (χ2n) is 5.56. The number of aromatic nitrogens is 2. The normalized spacial score (nSPS) is 11.2. The largest absolute Gasteiger partial charge is 0.357 e. The van der Waals surface area contributed by atoms with Gasteiger partial charge in [0.2, 0.25) is 5.88 Å². The molecule has 138 valence electrons. The SMILES string of the molecule is Cc1ccc(S(=O)(=O)Oc2ncc(Br)cc2C(=O)c2ccc(Cl)nc2)cc1. The molecule has 0 saturated heterocycles. The van der Waals surface area contributed by atoms with Crippen LogP contribution in [0.1, 0.15) is 21.5 Å². The number of carbonyl (C=O) groups excluding carboxylic acids is 1. The highest BCUT2D eigenvalue weighted by molar-refractivity contribution is 9.10. The van der Waals surface area contributed by atoms with Crippen LogP contribution >= 0.6 is 27.5 Å². The summed E-state index contributed by atoms with van der Waals surface area (Å²) in [7, 11) is -4.15. The molecule has 0 saturated carbocycles. The van der Waals surface area contributed by atoms with Gasteiger partial charge in [-0.2, -0.15) is 8.42 Å². The molecule has 0 radical (unpaired) electrons. The van der Waals surface area contributed by atoms with Crippen molar-refractivity contribution in [1.29, 1.82) is 0 Å². The molecule has 0 aliphatic heterocycles. The van der Waals surface area contributed by atoms with Crippen LogP contribution < -0.4 is 4.18 Å². The van der Waals surface area contributed by atoms with Crippen molar-refractivity contribution in [3.8, 4) is 5.88 Å². The molecule has 27 heavy (non-hydrogen) atoms. The average molecular weight is 468 g/mol. The molecule has 0 atom stereocenters. The molecule has 0 fully saturated rings. The van der Waals surface area contributed by atoms with Gasteiger partial charge in [-0.3, -0.25) is 4.79 Å². The summed E-state index contributed by atoms with van der Waals surface area (Å²) in [4.78, 5) is 20.6. The highest BCUT2D eigenvalue weighted by Crippen LogP contribution is 2.26. The van der Waals surface area contributed by atoms with Crippen LogP contribution in [0.4, 0.5) is 0 Å². The van der Waals surface area contributed by atoms with Crippen LogP contribution in [0.15, 0.2) is 64.2 Å². The molecule has 0 spiro atoms. The molecule has 3 aromatic rings. The molecule has 6 nitrogen and oxygen atoms in total. The van der Waals surface area contributed by atoms with Gasteiger partial charge in [0.1, 0.15) is 10.0 Å². The molecular formula is C18H12BrClN2O4S. The molecule has 0 amide bonds. The molecule has 9 heteroatoms. The summed E-state index contributed by atoms with van der Waals surface area (Å²) < 4.78 is 30.7. The Balaban J connectivity index is 2.00. The van der Waals surface area contributed by atoms with E-state index in [-0.39, 0.29) is 27.1 Å². The van der Waals surface area contributed by atoms with Gasteiger partial charge in [0, 0.05) is 22.4 Å². The number of hydrogen-bond donors (Lipinski definition) is 0. The fourth-order valence-electron chi connectivity index (χ4n) is 2.18. The Kier molecular flexibility index (Phi) is 5.59. The zero-order valence-corrected chi connectivity index (χ0v) is 17.0. The molecule has 0 N–H and O–H groups in total. The summed E-state index contributed by atoms with van der Waals surface area (Å²) >= 11 is 8.96. The van der Waals surface area contributed by atoms with E-state index in [4.69, 9.17) is 15.8 Å². The molecule has 2 aromatic heterocycles. The molecule has 1 aromatic carbocycles. The number of hydrogen-bond acceptors (Lipinski definition) is 6. The first-order chi connectivity index (χ1) is 12.8. The van der Waals surface area contributed by atoms with Crippen molar-refractivity contribution in [1.82, 2.24) is 9.97 Å². The standard InChI is InChI=1S/C18H12BrClN2O4S/c1-11-2-5-14(6-3-11)27(24,25)26-18-15(8-13(19)10-22-18)17(23)12-4-7-16(20)21-9-12/h2-10H,1H3. The first-order valence-corrected chi connectivity index (χ1v) is 10.2. The Labute approximate surface area is 169 Å². The van der Waals surface area contributed by atoms with Gasteiger partial charge < -0.3 is 4.18 Å². The van der Waals surface area contributed by atoms with Crippen molar-refractivity contribution < 1.29 is 17.4 Å². The maximum atomic E-state index is 12.8. The third-order valence-corrected chi connectivity index (χ3v) is 5.43. The molecule has 0 bridgehead atoms. The second kappa shape index (κ2) is 7.75. The van der Waals surface area contributed by atoms with E-state index >= 15 is 0 Å². The van der Waals surface area contributed by atoms with E-state index in [1.807, 2.05) is 6.92 Å². The zero-order chi connectivity index (χ0) is 19.6. The minimum Gasteiger partial charge on any atom is -0.357 e. The number of aryl methyl sites for hydroxylation is 1. The monoisotopic (exact) mass is 466 g/mol. The molecule has 0 aliphatic carbocycles. The van der Waals surface area contributed by atoms with Crippen molar-refractivity contribution in [2.75, 3.05) is 0 Å². The van der Waals surface area contributed by atoms with E-state index in [9.17, 15) is 13.2 Å². The van der Waals surface area contributed by atoms with Gasteiger partial charge in [0.15, 0.2) is 5.78 Å². The first kappa shape index (κ1) is 19.5. The van der Waals surface area contributed by atoms with E-state index in [1.54, 1.807) is 12.1 Å². The Bertz CT molecular complexity index is 1100. The number of carbonyl (C=O) groups is 1. The van der Waals surface area contributed by atoms with Gasteiger partial charge >= 0.3 is 10.1 Å². The van der Waals surface area contributed by atoms with E-state index in [1.165, 1.54) is 42.7 Å². The lowest BCUT2D eigenvalue weighted by atomic mass is 10.1. The van der Waals surface area contributed by atoms with Crippen molar-refractivity contribution in [3.63, 3.8) is 0 Å². The number of ketones is 1. The van der Waals surface area contributed by atoms with Gasteiger partial charge in [-0.05, 0) is 53.2 Å². The minimum atomic E-state index is -4.15. The first-order valence-electron chi connectivity index (χ1n) is 7.59. The van der Waals surface area contributed by atoms with E-state index in [0.717, 1.165) is 5.56 Å². The third kappa shape index (κ3) is 4.52. The number of benzene rings is 1. The fraction of sp³-hybridized carbons (Fsp3) is 0.0556. The summed E-state index contributed by atoms with van der Waals surface area (Å²) in [6, 6.07) is 10.5. The van der Waals surface area contributed by atoms with Gasteiger partial charge in [-0.1, -0.05) is 29.3 Å². The van der Waals surface area contributed by atoms with Crippen LogP contribution in [0.2, 0.25) is 5.15 Å². The van der Waals surface area contributed by atoms with Gasteiger partial charge in [-0.15, -0.1) is 0 Å². The summed E-state index contributed by atoms with van der Waals surface area (Å²) in [5.74, 6) is -0.819. The summed E-state index contributed by atoms with van der Waals surface area (Å²) in [5, 5.41) is 0.234. The van der Waals surface area contributed by atoms with E-state index < -0.39 is 15.9 Å². The predicted octanol–water partition coefficient (Wildman–Crippen LogP) is 4.20. The Morgan fingerprint density at radius 1 is 1.07 bits per heavy atom. The van der Waals surface area contributed by atoms with Crippen LogP contribution in [0, 0.1) is 6.92 Å². The predicted molar refractivity (Wildman–Crippen MR) is 104 cm³/mol. The van der Waals surface area contributed by atoms with E-state index in [0.29, 0.717) is 4.47 Å². The highest BCUT2D eigenvalue weighted by Gasteiger charge is 2.23. The highest BCUT2D eigenvalue weighted by atomic mass is 79.9. The number of rotatable bonds is 5. The third-order valence-electron chi connectivity index (χ3n) is 3.55. The van der Waals surface area contributed by atoms with Gasteiger partial charge in [0.05, 0.1) is 5.56 Å². The van der Waals surface area contributed by atoms with E-state index in [2.05, 4.69) is 25.9 Å². The van der Waals surface area contributed by atoms with Crippen LogP contribution in [-0.4, -0.2) is 24.2 Å². The van der Waals surface area contributed by atoms with Crippen LogP contribution in [-0.2, 0) is 10.1 Å². The van der Waals surface area contributed by atoms with Gasteiger partial charge in [0.25, 0.3) is 0 Å². The average Bonchev–Trinajstić information content (AvgIpc) is 2.63. The number of nitrogens with zero attached hydrogens (tertiary/aromatic N) is 2. The quantitative estimate of drug-likeness (QED) is 0.317. The lowest BCUT2D eigenvalue weighted by Gasteiger charge is -2.10. The van der Waals surface area contributed by atoms with Crippen LogP contribution in [0.3, 0.4) is 0 Å². The summed E-state index contributed by atoms with van der Waals surface area (Å²) in [6.07, 6.45) is 2.64. The molecule has 0 aliphatic rings. The Morgan fingerprint density at radius 2 is 1.78 bits per heavy atom. The van der Waals surface area contributed by atoms with Crippen molar-refractivity contribution in [2.45, 2.75) is 11.8 Å². The van der Waals surface area contributed by atoms with Crippen molar-refractivity contribution >= 4 is 43.4 Å². The van der Waals surface area contributed by atoms with Crippen molar-refractivity contribution in [3.05, 3.63) is 81.2 Å². The number of pyridine rings is 2. The molecule has 2 heterocycles. The molecule has 0 unspecified atom stereocenters. The molecular weight excluding hydrogens is 456 g/mol. The number of halogens is 2. The second-order valence-corrected chi connectivity index (χ2v) is 8.40. The fourth-order valence-corrected chi connectivity index (χ4v) is 3.53. The topological polar surface area (TPSA) is 86.2 Å². The maximum absolute atomic E-state index is 12.8. The van der Waals surface area contributed by atoms with Crippen LogP contribution in [0.25, 0.3) is 0 Å². The van der Waals surface area contributed by atoms with Crippen LogP contribution in [0.5, 0.6) is 5.88 Å². The lowest BCUT2D eigenvalue weighted by Crippen LogP contribution is -2.14. The zero-order valence-electron chi connectivity index (χ0n) is 13.9. The Hall–Kier alpha value is -2.29. The Morgan fingerprint density at radius 3 is 2.41 bits per heavy atom. The smallest absolute Gasteiger partial charge is 0.340 e. The van der Waals surface area contributed by atoms with Gasteiger partial charge in [-0.25, -0.2) is 9.97 Å². The van der Waals surface area contributed by atoms with Crippen molar-refractivity contribution in [2.24, 2.45) is 0 Å². The maximum Gasteiger partial charge on any atom is 0.340 e. The lowest BCUT2D eigenvalue weighted by molar-refractivity contribution is 0.103. The summed E-state index contributed by atoms with van der Waals surface area (Å²) in [5.41, 5.74) is 1.10.